The van der Waals surface area contributed by atoms with E-state index in [-0.39, 0.29) is 70.7 Å². The SMILES string of the molecule is O=S(=O)([O-])c1ccc(C=Cc2ccc(C3NCc4cccc(Cl)c43)cc2)c(S(=O)(=O)[O-])c1.[Na+].[Na+]. The number of rotatable bonds is 5. The molecule has 4 rings (SSSR count). The molecule has 3 aromatic carbocycles. The largest absolute Gasteiger partial charge is 1.00 e. The Morgan fingerprint density at radius 2 is 1.56 bits per heavy atom. The van der Waals surface area contributed by atoms with Crippen LogP contribution in [-0.4, -0.2) is 25.9 Å². The summed E-state index contributed by atoms with van der Waals surface area (Å²) in [6.07, 6.45) is 2.96. The molecule has 1 aliphatic heterocycles. The Morgan fingerprint density at radius 1 is 0.882 bits per heavy atom. The van der Waals surface area contributed by atoms with Crippen LogP contribution in [-0.2, 0) is 26.8 Å². The second-order valence-electron chi connectivity index (χ2n) is 7.23. The van der Waals surface area contributed by atoms with E-state index in [1.807, 2.05) is 42.5 Å². The predicted molar refractivity (Wildman–Crippen MR) is 118 cm³/mol. The molecular formula is C22H16ClNNa2O6S2. The fourth-order valence-electron chi connectivity index (χ4n) is 3.67. The first kappa shape index (κ1) is 29.7. The van der Waals surface area contributed by atoms with Gasteiger partial charge in [0.25, 0.3) is 0 Å². The van der Waals surface area contributed by atoms with E-state index in [0.717, 1.165) is 34.4 Å². The molecule has 0 amide bonds. The van der Waals surface area contributed by atoms with Crippen molar-refractivity contribution in [2.24, 2.45) is 0 Å². The fourth-order valence-corrected chi connectivity index (χ4v) is 5.24. The first-order chi connectivity index (χ1) is 15.0. The van der Waals surface area contributed by atoms with Crippen LogP contribution in [0.15, 0.2) is 70.5 Å². The Bertz CT molecular complexity index is 1440. The normalized spacial score (nSPS) is 15.4. The molecule has 3 aromatic rings. The van der Waals surface area contributed by atoms with E-state index >= 15 is 0 Å². The van der Waals surface area contributed by atoms with E-state index in [1.165, 1.54) is 6.08 Å². The van der Waals surface area contributed by atoms with Crippen LogP contribution in [0.5, 0.6) is 0 Å². The Kier molecular flexibility index (Phi) is 10.2. The third-order valence-electron chi connectivity index (χ3n) is 5.20. The summed E-state index contributed by atoms with van der Waals surface area (Å²) in [4.78, 5) is -1.56. The zero-order chi connectivity index (χ0) is 23.1. The van der Waals surface area contributed by atoms with Gasteiger partial charge in [-0.3, -0.25) is 0 Å². The summed E-state index contributed by atoms with van der Waals surface area (Å²) in [5.41, 5.74) is 3.88. The molecule has 166 valence electrons. The summed E-state index contributed by atoms with van der Waals surface area (Å²) >= 11 is 6.37. The maximum Gasteiger partial charge on any atom is 1.00 e. The summed E-state index contributed by atoms with van der Waals surface area (Å²) in [5, 5.41) is 4.11. The third kappa shape index (κ3) is 6.61. The molecule has 0 saturated carbocycles. The zero-order valence-electron chi connectivity index (χ0n) is 18.4. The number of hydrogen-bond donors (Lipinski definition) is 1. The quantitative estimate of drug-likeness (QED) is 0.218. The summed E-state index contributed by atoms with van der Waals surface area (Å²) in [6.45, 7) is 0.712. The van der Waals surface area contributed by atoms with E-state index < -0.39 is 30.0 Å². The van der Waals surface area contributed by atoms with Crippen LogP contribution in [0.25, 0.3) is 12.2 Å². The van der Waals surface area contributed by atoms with Gasteiger partial charge >= 0.3 is 59.1 Å². The van der Waals surface area contributed by atoms with Gasteiger partial charge in [-0.25, -0.2) is 16.8 Å². The maximum absolute atomic E-state index is 11.6. The van der Waals surface area contributed by atoms with Crippen LogP contribution in [0.1, 0.15) is 33.9 Å². The third-order valence-corrected chi connectivity index (χ3v) is 7.25. The first-order valence-corrected chi connectivity index (χ1v) is 12.6. The Labute approximate surface area is 247 Å². The summed E-state index contributed by atoms with van der Waals surface area (Å²) in [5.74, 6) is 0. The topological polar surface area (TPSA) is 126 Å². The molecule has 1 heterocycles. The molecule has 7 nitrogen and oxygen atoms in total. The van der Waals surface area contributed by atoms with E-state index in [1.54, 1.807) is 6.08 Å². The van der Waals surface area contributed by atoms with Crippen LogP contribution < -0.4 is 64.4 Å². The molecule has 12 heteroatoms. The number of nitrogens with one attached hydrogen (secondary N) is 1. The predicted octanol–water partition coefficient (Wildman–Crippen LogP) is -2.48. The number of fused-ring (bicyclic) bond motifs is 1. The van der Waals surface area contributed by atoms with Gasteiger partial charge in [0.15, 0.2) is 0 Å². The molecule has 0 aliphatic carbocycles. The van der Waals surface area contributed by atoms with Gasteiger partial charge in [-0.1, -0.05) is 66.2 Å². The van der Waals surface area contributed by atoms with Crippen molar-refractivity contribution in [2.45, 2.75) is 22.4 Å². The van der Waals surface area contributed by atoms with E-state index in [0.29, 0.717) is 17.6 Å². The van der Waals surface area contributed by atoms with Gasteiger partial charge in [0.1, 0.15) is 20.2 Å². The molecule has 0 spiro atoms. The van der Waals surface area contributed by atoms with E-state index in [2.05, 4.69) is 5.32 Å². The Morgan fingerprint density at radius 3 is 2.18 bits per heavy atom. The van der Waals surface area contributed by atoms with Crippen molar-refractivity contribution in [3.8, 4) is 0 Å². The van der Waals surface area contributed by atoms with Gasteiger partial charge in [-0.05, 0) is 46.0 Å². The van der Waals surface area contributed by atoms with Crippen molar-refractivity contribution >= 4 is 44.0 Å². The fraction of sp³-hybridized carbons (Fsp3) is 0.0909. The minimum atomic E-state index is -5.00. The second-order valence-corrected chi connectivity index (χ2v) is 10.4. The van der Waals surface area contributed by atoms with Crippen molar-refractivity contribution in [1.82, 2.24) is 5.32 Å². The standard InChI is InChI=1S/C22H18ClNO6S2.2Na/c23-19-3-1-2-17-13-24-22(21(17)19)16-8-5-14(6-9-16)4-7-15-10-11-18(31(25,26)27)12-20(15)32(28,29)30;;/h1-12,22,24H,13H2,(H,25,26,27)(H,28,29,30);;/q;2*+1/p-2. The molecule has 34 heavy (non-hydrogen) atoms. The average Bonchev–Trinajstić information content (AvgIpc) is 3.17. The molecular weight excluding hydrogens is 520 g/mol. The van der Waals surface area contributed by atoms with Crippen LogP contribution >= 0.6 is 11.6 Å². The monoisotopic (exact) mass is 535 g/mol. The Hall–Kier alpha value is -0.530. The molecule has 0 aromatic heterocycles. The number of hydrogen-bond acceptors (Lipinski definition) is 7. The van der Waals surface area contributed by atoms with Crippen LogP contribution in [0, 0.1) is 0 Å². The molecule has 0 bridgehead atoms. The Balaban J connectivity index is 0.00000204. The van der Waals surface area contributed by atoms with Crippen molar-refractivity contribution in [1.29, 1.82) is 0 Å². The summed E-state index contributed by atoms with van der Waals surface area (Å²) < 4.78 is 68.2. The van der Waals surface area contributed by atoms with Crippen LogP contribution in [0.4, 0.5) is 0 Å². The van der Waals surface area contributed by atoms with Crippen LogP contribution in [0.2, 0.25) is 5.02 Å². The number of benzene rings is 3. The van der Waals surface area contributed by atoms with Gasteiger partial charge in [-0.2, -0.15) is 0 Å². The smallest absolute Gasteiger partial charge is 0.744 e. The summed E-state index contributed by atoms with van der Waals surface area (Å²) in [6, 6.07) is 15.9. The van der Waals surface area contributed by atoms with Crippen molar-refractivity contribution in [3.05, 3.63) is 93.5 Å². The molecule has 1 unspecified atom stereocenters. The minimum absolute atomic E-state index is 0. The second kappa shape index (κ2) is 11.7. The number of halogens is 1. The van der Waals surface area contributed by atoms with E-state index in [9.17, 15) is 25.9 Å². The zero-order valence-corrected chi connectivity index (χ0v) is 24.7. The molecule has 1 N–H and O–H groups in total. The van der Waals surface area contributed by atoms with Gasteiger partial charge in [-0.15, -0.1) is 0 Å². The van der Waals surface area contributed by atoms with E-state index in [4.69, 9.17) is 11.6 Å². The molecule has 0 radical (unpaired) electrons. The van der Waals surface area contributed by atoms with Crippen molar-refractivity contribution in [3.63, 3.8) is 0 Å². The van der Waals surface area contributed by atoms with Crippen molar-refractivity contribution < 1.29 is 85.1 Å². The van der Waals surface area contributed by atoms with Gasteiger partial charge < -0.3 is 14.4 Å². The minimum Gasteiger partial charge on any atom is -0.744 e. The molecule has 0 fully saturated rings. The van der Waals surface area contributed by atoms with Gasteiger partial charge in [0, 0.05) is 11.6 Å². The molecule has 0 saturated heterocycles. The average molecular weight is 536 g/mol. The first-order valence-electron chi connectivity index (χ1n) is 9.38. The maximum atomic E-state index is 11.6. The van der Waals surface area contributed by atoms with Crippen molar-refractivity contribution in [2.75, 3.05) is 0 Å². The van der Waals surface area contributed by atoms with Gasteiger partial charge in [0.2, 0.25) is 0 Å². The summed E-state index contributed by atoms with van der Waals surface area (Å²) in [7, 11) is -9.90. The molecule has 1 atom stereocenters. The van der Waals surface area contributed by atoms with Crippen LogP contribution in [0.3, 0.4) is 0 Å². The molecule has 1 aliphatic rings. The van der Waals surface area contributed by atoms with Gasteiger partial charge in [0.05, 0.1) is 15.8 Å².